The van der Waals surface area contributed by atoms with E-state index >= 15 is 0 Å². The number of hydrazone groups is 1. The molecule has 0 saturated carbocycles. The lowest BCUT2D eigenvalue weighted by atomic mass is 9.89. The quantitative estimate of drug-likeness (QED) is 0.407. The van der Waals surface area contributed by atoms with Gasteiger partial charge in [-0.1, -0.05) is 42.5 Å². The molecular formula is C30H29F3N4O4. The fraction of sp³-hybridized carbons (Fsp3) is 0.333. The molecule has 8 nitrogen and oxygen atoms in total. The summed E-state index contributed by atoms with van der Waals surface area (Å²) in [6, 6.07) is 17.5. The molecule has 1 fully saturated rings. The van der Waals surface area contributed by atoms with Crippen LogP contribution in [0.3, 0.4) is 0 Å². The number of amides is 1. The maximum Gasteiger partial charge on any atom is 0.412 e. The molecule has 0 aliphatic carbocycles. The average Bonchev–Trinajstić information content (AvgIpc) is 3.44. The largest absolute Gasteiger partial charge is 0.488 e. The van der Waals surface area contributed by atoms with E-state index in [-0.39, 0.29) is 18.3 Å². The number of carbonyl (C=O) groups excluding carboxylic acids is 1. The van der Waals surface area contributed by atoms with Crippen LogP contribution < -0.4 is 9.75 Å². The second kappa shape index (κ2) is 11.6. The Balaban J connectivity index is 1.29. The molecule has 11 heteroatoms. The monoisotopic (exact) mass is 566 g/mol. The zero-order valence-corrected chi connectivity index (χ0v) is 22.3. The minimum Gasteiger partial charge on any atom is -0.488 e. The van der Waals surface area contributed by atoms with Gasteiger partial charge in [0.25, 0.3) is 0 Å². The van der Waals surface area contributed by atoms with E-state index in [0.29, 0.717) is 27.9 Å². The van der Waals surface area contributed by atoms with Crippen LogP contribution in [0.25, 0.3) is 11.3 Å². The van der Waals surface area contributed by atoms with Crippen molar-refractivity contribution in [3.05, 3.63) is 77.9 Å². The second-order valence-corrected chi connectivity index (χ2v) is 10.1. The third kappa shape index (κ3) is 6.18. The van der Waals surface area contributed by atoms with Crippen molar-refractivity contribution >= 4 is 23.9 Å². The molecule has 1 amide bonds. The molecule has 0 bridgehead atoms. The van der Waals surface area contributed by atoms with Crippen molar-refractivity contribution in [2.24, 2.45) is 11.0 Å². The van der Waals surface area contributed by atoms with Gasteiger partial charge in [0.1, 0.15) is 24.1 Å². The van der Waals surface area contributed by atoms with Crippen LogP contribution >= 0.6 is 0 Å². The van der Waals surface area contributed by atoms with E-state index in [2.05, 4.69) is 22.2 Å². The number of anilines is 1. The molecule has 3 heterocycles. The van der Waals surface area contributed by atoms with Gasteiger partial charge in [0, 0.05) is 31.8 Å². The lowest BCUT2D eigenvalue weighted by Gasteiger charge is -2.31. The summed E-state index contributed by atoms with van der Waals surface area (Å²) in [5.74, 6) is -2.55. The lowest BCUT2D eigenvalue weighted by Crippen LogP contribution is -2.47. The zero-order chi connectivity index (χ0) is 29.1. The maximum atomic E-state index is 13.8. The Morgan fingerprint density at radius 2 is 1.71 bits per heavy atom. The van der Waals surface area contributed by atoms with Crippen LogP contribution in [0.1, 0.15) is 36.8 Å². The third-order valence-corrected chi connectivity index (χ3v) is 7.49. The normalized spacial score (nSPS) is 19.4. The van der Waals surface area contributed by atoms with Crippen LogP contribution in [-0.4, -0.2) is 58.4 Å². The highest BCUT2D eigenvalue weighted by Crippen LogP contribution is 2.37. The Kier molecular flexibility index (Phi) is 7.96. The van der Waals surface area contributed by atoms with Crippen molar-refractivity contribution in [1.29, 1.82) is 0 Å². The van der Waals surface area contributed by atoms with E-state index in [1.807, 2.05) is 17.0 Å². The highest BCUT2D eigenvalue weighted by atomic mass is 19.4. The SMILES string of the molecule is CC(=O)N1CCC(c2ccc(COc3ccccc3-c3cccc(N4N=CC(C(=O)O)C4C(F)(F)F)n3)cc2)CC1. The van der Waals surface area contributed by atoms with Crippen LogP contribution in [0.15, 0.2) is 71.8 Å². The number of hydrogen-bond donors (Lipinski definition) is 1. The Morgan fingerprint density at radius 1 is 1.00 bits per heavy atom. The standard InChI is InChI=1S/C30H29F3N4O4/c1-19(38)36-15-13-22(14-16-36)21-11-9-20(10-12-21)18-41-26-7-3-2-5-23(26)25-6-4-8-27(35-25)37-28(30(31,32)33)24(17-34-37)29(39)40/h2-12,17,22,24,28H,13-16,18H2,1H3,(H,39,40). The van der Waals surface area contributed by atoms with Crippen molar-refractivity contribution in [1.82, 2.24) is 9.88 Å². The van der Waals surface area contributed by atoms with Gasteiger partial charge in [-0.05, 0) is 54.2 Å². The number of hydrogen-bond acceptors (Lipinski definition) is 6. The number of carboxylic acids is 1. The molecule has 214 valence electrons. The predicted molar refractivity (Wildman–Crippen MR) is 147 cm³/mol. The number of ether oxygens (including phenoxy) is 1. The first-order valence-corrected chi connectivity index (χ1v) is 13.3. The van der Waals surface area contributed by atoms with Crippen molar-refractivity contribution < 1.29 is 32.6 Å². The molecule has 0 radical (unpaired) electrons. The number of nitrogens with zero attached hydrogens (tertiary/aromatic N) is 4. The van der Waals surface area contributed by atoms with Gasteiger partial charge in [0.2, 0.25) is 5.91 Å². The highest BCUT2D eigenvalue weighted by molar-refractivity contribution is 5.92. The number of aromatic nitrogens is 1. The Morgan fingerprint density at radius 3 is 2.37 bits per heavy atom. The first-order valence-electron chi connectivity index (χ1n) is 13.3. The number of rotatable bonds is 7. The van der Waals surface area contributed by atoms with E-state index in [4.69, 9.17) is 4.74 Å². The number of likely N-dealkylation sites (tertiary alicyclic amines) is 1. The van der Waals surface area contributed by atoms with Gasteiger partial charge >= 0.3 is 12.1 Å². The molecule has 2 atom stereocenters. The Hall–Kier alpha value is -4.41. The number of alkyl halides is 3. The van der Waals surface area contributed by atoms with Crippen molar-refractivity contribution in [2.75, 3.05) is 18.1 Å². The average molecular weight is 567 g/mol. The molecule has 41 heavy (non-hydrogen) atoms. The predicted octanol–water partition coefficient (Wildman–Crippen LogP) is 5.49. The number of carbonyl (C=O) groups is 2. The Bertz CT molecular complexity index is 1440. The third-order valence-electron chi connectivity index (χ3n) is 7.49. The van der Waals surface area contributed by atoms with Crippen LogP contribution in [0.4, 0.5) is 19.0 Å². The summed E-state index contributed by atoms with van der Waals surface area (Å²) in [6.07, 6.45) is -2.19. The number of pyridine rings is 1. The van der Waals surface area contributed by atoms with Gasteiger partial charge in [-0.2, -0.15) is 18.3 Å². The summed E-state index contributed by atoms with van der Waals surface area (Å²) < 4.78 is 47.5. The first kappa shape index (κ1) is 28.1. The van der Waals surface area contributed by atoms with E-state index in [0.717, 1.165) is 37.7 Å². The number of halogens is 3. The molecule has 2 aliphatic heterocycles. The van der Waals surface area contributed by atoms with E-state index in [9.17, 15) is 27.9 Å². The first-order chi connectivity index (χ1) is 19.6. The molecular weight excluding hydrogens is 537 g/mol. The second-order valence-electron chi connectivity index (χ2n) is 10.1. The van der Waals surface area contributed by atoms with Gasteiger partial charge in [-0.25, -0.2) is 9.99 Å². The molecule has 1 saturated heterocycles. The zero-order valence-electron chi connectivity index (χ0n) is 22.3. The molecule has 1 N–H and O–H groups in total. The minimum atomic E-state index is -4.83. The van der Waals surface area contributed by atoms with Crippen molar-refractivity contribution in [3.63, 3.8) is 0 Å². The minimum absolute atomic E-state index is 0.111. The number of benzene rings is 2. The smallest absolute Gasteiger partial charge is 0.412 e. The molecule has 5 rings (SSSR count). The van der Waals surface area contributed by atoms with E-state index in [1.54, 1.807) is 43.3 Å². The highest BCUT2D eigenvalue weighted by Gasteiger charge is 2.54. The Labute approximate surface area is 235 Å². The summed E-state index contributed by atoms with van der Waals surface area (Å²) in [7, 11) is 0. The molecule has 1 aromatic heterocycles. The van der Waals surface area contributed by atoms with E-state index < -0.39 is 24.1 Å². The van der Waals surface area contributed by atoms with Crippen molar-refractivity contribution in [3.8, 4) is 17.0 Å². The molecule has 0 spiro atoms. The summed E-state index contributed by atoms with van der Waals surface area (Å²) in [5.41, 5.74) is 3.11. The number of aliphatic carboxylic acids is 1. The number of para-hydroxylation sites is 1. The van der Waals surface area contributed by atoms with Gasteiger partial charge in [-0.15, -0.1) is 0 Å². The van der Waals surface area contributed by atoms with Crippen LogP contribution in [0, 0.1) is 5.92 Å². The van der Waals surface area contributed by atoms with Crippen LogP contribution in [0.5, 0.6) is 5.75 Å². The lowest BCUT2D eigenvalue weighted by molar-refractivity contribution is -0.166. The molecule has 3 aromatic rings. The summed E-state index contributed by atoms with van der Waals surface area (Å²) in [4.78, 5) is 29.3. The molecule has 2 aromatic carbocycles. The molecule has 2 unspecified atom stereocenters. The van der Waals surface area contributed by atoms with Crippen LogP contribution in [0.2, 0.25) is 0 Å². The maximum absolute atomic E-state index is 13.8. The van der Waals surface area contributed by atoms with Gasteiger partial charge < -0.3 is 14.7 Å². The van der Waals surface area contributed by atoms with Crippen molar-refractivity contribution in [2.45, 2.75) is 44.5 Å². The summed E-state index contributed by atoms with van der Waals surface area (Å²) in [5, 5.41) is 13.6. The summed E-state index contributed by atoms with van der Waals surface area (Å²) in [6.45, 7) is 3.39. The topological polar surface area (TPSA) is 95.3 Å². The number of piperidine rings is 1. The van der Waals surface area contributed by atoms with E-state index in [1.165, 1.54) is 11.6 Å². The van der Waals surface area contributed by atoms with Gasteiger partial charge in [0.15, 0.2) is 6.04 Å². The number of carboxylic acid groups (broad SMARTS) is 1. The summed E-state index contributed by atoms with van der Waals surface area (Å²) >= 11 is 0. The van der Waals surface area contributed by atoms with Gasteiger partial charge in [-0.3, -0.25) is 9.59 Å². The van der Waals surface area contributed by atoms with Crippen LogP contribution in [-0.2, 0) is 16.2 Å². The fourth-order valence-corrected chi connectivity index (χ4v) is 5.27. The molecule has 2 aliphatic rings. The van der Waals surface area contributed by atoms with Gasteiger partial charge in [0.05, 0.1) is 5.69 Å². The fourth-order valence-electron chi connectivity index (χ4n) is 5.27.